The van der Waals surface area contributed by atoms with E-state index in [1.165, 1.54) is 5.56 Å². The van der Waals surface area contributed by atoms with Gasteiger partial charge in [-0.3, -0.25) is 4.79 Å². The second kappa shape index (κ2) is 5.08. The predicted molar refractivity (Wildman–Crippen MR) is 73.2 cm³/mol. The van der Waals surface area contributed by atoms with Crippen molar-refractivity contribution >= 4 is 27.5 Å². The fraction of sp³-hybridized carbons (Fsp3) is 0.462. The van der Waals surface area contributed by atoms with E-state index in [1.807, 2.05) is 37.1 Å². The van der Waals surface area contributed by atoms with Crippen LogP contribution in [0.5, 0.6) is 0 Å². The van der Waals surface area contributed by atoms with Gasteiger partial charge in [-0.05, 0) is 37.5 Å². The molecule has 2 rings (SSSR count). The maximum absolute atomic E-state index is 11.8. The van der Waals surface area contributed by atoms with Crippen LogP contribution in [-0.2, 0) is 4.79 Å². The number of anilines is 1. The molecule has 1 aliphatic carbocycles. The molecule has 4 heteroatoms. The predicted octanol–water partition coefficient (Wildman–Crippen LogP) is 2.79. The van der Waals surface area contributed by atoms with Crippen LogP contribution >= 0.6 is 15.9 Å². The molecule has 1 fully saturated rings. The number of benzene rings is 1. The van der Waals surface area contributed by atoms with E-state index >= 15 is 0 Å². The SMILES string of the molecule is Cc1ccc(NCC(=O)N(C)C2CC2)cc1Br. The first-order valence-corrected chi connectivity index (χ1v) is 6.63. The Morgan fingerprint density at radius 2 is 2.24 bits per heavy atom. The third-order valence-electron chi connectivity index (χ3n) is 3.10. The molecule has 1 N–H and O–H groups in total. The molecular weight excluding hydrogens is 280 g/mol. The van der Waals surface area contributed by atoms with Gasteiger partial charge in [-0.15, -0.1) is 0 Å². The van der Waals surface area contributed by atoms with Crippen LogP contribution in [0.1, 0.15) is 18.4 Å². The van der Waals surface area contributed by atoms with Crippen LogP contribution in [0.3, 0.4) is 0 Å². The highest BCUT2D eigenvalue weighted by Crippen LogP contribution is 2.25. The topological polar surface area (TPSA) is 32.3 Å². The van der Waals surface area contributed by atoms with Crippen molar-refractivity contribution in [2.45, 2.75) is 25.8 Å². The summed E-state index contributed by atoms with van der Waals surface area (Å²) in [5.74, 6) is 0.157. The van der Waals surface area contributed by atoms with Crippen molar-refractivity contribution in [2.24, 2.45) is 0 Å². The maximum atomic E-state index is 11.8. The van der Waals surface area contributed by atoms with Gasteiger partial charge in [0.05, 0.1) is 6.54 Å². The number of aryl methyl sites for hydroxylation is 1. The number of likely N-dealkylation sites (N-methyl/N-ethyl adjacent to an activating group) is 1. The molecular formula is C13H17BrN2O. The summed E-state index contributed by atoms with van der Waals surface area (Å²) in [5.41, 5.74) is 2.16. The van der Waals surface area contributed by atoms with E-state index in [1.54, 1.807) is 0 Å². The first kappa shape index (κ1) is 12.4. The van der Waals surface area contributed by atoms with Crippen LogP contribution in [0, 0.1) is 6.92 Å². The molecule has 1 aromatic carbocycles. The minimum Gasteiger partial charge on any atom is -0.376 e. The van der Waals surface area contributed by atoms with Gasteiger partial charge in [-0.25, -0.2) is 0 Å². The molecule has 92 valence electrons. The average molecular weight is 297 g/mol. The van der Waals surface area contributed by atoms with Crippen LogP contribution in [0.2, 0.25) is 0 Å². The van der Waals surface area contributed by atoms with Gasteiger partial charge in [0.1, 0.15) is 0 Å². The fourth-order valence-corrected chi connectivity index (χ4v) is 2.05. The van der Waals surface area contributed by atoms with Crippen molar-refractivity contribution in [3.05, 3.63) is 28.2 Å². The quantitative estimate of drug-likeness (QED) is 0.927. The van der Waals surface area contributed by atoms with Crippen molar-refractivity contribution in [1.82, 2.24) is 4.90 Å². The van der Waals surface area contributed by atoms with Crippen LogP contribution in [0.25, 0.3) is 0 Å². The van der Waals surface area contributed by atoms with Crippen LogP contribution in [-0.4, -0.2) is 30.4 Å². The summed E-state index contributed by atoms with van der Waals surface area (Å²) >= 11 is 3.48. The number of nitrogens with zero attached hydrogens (tertiary/aromatic N) is 1. The van der Waals surface area contributed by atoms with Crippen molar-refractivity contribution in [3.8, 4) is 0 Å². The molecule has 0 spiro atoms. The molecule has 1 aromatic rings. The van der Waals surface area contributed by atoms with Gasteiger partial charge in [0.2, 0.25) is 5.91 Å². The Morgan fingerprint density at radius 3 is 2.82 bits per heavy atom. The lowest BCUT2D eigenvalue weighted by molar-refractivity contribution is -0.128. The number of nitrogens with one attached hydrogen (secondary N) is 1. The molecule has 0 unspecified atom stereocenters. The van der Waals surface area contributed by atoms with Crippen molar-refractivity contribution in [3.63, 3.8) is 0 Å². The lowest BCUT2D eigenvalue weighted by Crippen LogP contribution is -2.33. The van der Waals surface area contributed by atoms with Crippen molar-refractivity contribution < 1.29 is 4.79 Å². The van der Waals surface area contributed by atoms with Gasteiger partial charge in [0.25, 0.3) is 0 Å². The normalized spacial score (nSPS) is 14.5. The molecule has 0 saturated heterocycles. The van der Waals surface area contributed by atoms with E-state index < -0.39 is 0 Å². The van der Waals surface area contributed by atoms with E-state index in [-0.39, 0.29) is 5.91 Å². The molecule has 3 nitrogen and oxygen atoms in total. The summed E-state index contributed by atoms with van der Waals surface area (Å²) in [6, 6.07) is 6.50. The number of carbonyl (C=O) groups is 1. The highest BCUT2D eigenvalue weighted by Gasteiger charge is 2.29. The maximum Gasteiger partial charge on any atom is 0.241 e. The standard InChI is InChI=1S/C13H17BrN2O/c1-9-3-4-10(7-12(9)14)15-8-13(17)16(2)11-5-6-11/h3-4,7,11,15H,5-6,8H2,1-2H3. The monoisotopic (exact) mass is 296 g/mol. The van der Waals surface area contributed by atoms with E-state index in [4.69, 9.17) is 0 Å². The Bertz CT molecular complexity index is 429. The first-order valence-electron chi connectivity index (χ1n) is 5.83. The van der Waals surface area contributed by atoms with Gasteiger partial charge in [-0.1, -0.05) is 22.0 Å². The molecule has 0 aromatic heterocycles. The Balaban J connectivity index is 1.88. The number of hydrogen-bond donors (Lipinski definition) is 1. The Kier molecular flexibility index (Phi) is 3.72. The minimum atomic E-state index is 0.157. The summed E-state index contributed by atoms with van der Waals surface area (Å²) in [6.07, 6.45) is 2.30. The third kappa shape index (κ3) is 3.22. The summed E-state index contributed by atoms with van der Waals surface area (Å²) in [5, 5.41) is 3.15. The van der Waals surface area contributed by atoms with Gasteiger partial charge >= 0.3 is 0 Å². The van der Waals surface area contributed by atoms with E-state index in [0.717, 1.165) is 23.0 Å². The summed E-state index contributed by atoms with van der Waals surface area (Å²) in [7, 11) is 1.88. The number of amides is 1. The van der Waals surface area contributed by atoms with Crippen LogP contribution in [0.4, 0.5) is 5.69 Å². The summed E-state index contributed by atoms with van der Waals surface area (Å²) < 4.78 is 1.06. The molecule has 0 atom stereocenters. The number of hydrogen-bond acceptors (Lipinski definition) is 2. The number of carbonyl (C=O) groups excluding carboxylic acids is 1. The molecule has 1 aliphatic rings. The Labute approximate surface area is 110 Å². The minimum absolute atomic E-state index is 0.157. The van der Waals surface area contributed by atoms with Crippen LogP contribution in [0.15, 0.2) is 22.7 Å². The van der Waals surface area contributed by atoms with Crippen molar-refractivity contribution in [2.75, 3.05) is 18.9 Å². The fourth-order valence-electron chi connectivity index (χ4n) is 1.67. The molecule has 0 bridgehead atoms. The lowest BCUT2D eigenvalue weighted by Gasteiger charge is -2.17. The zero-order valence-electron chi connectivity index (χ0n) is 10.2. The van der Waals surface area contributed by atoms with E-state index in [9.17, 15) is 4.79 Å². The smallest absolute Gasteiger partial charge is 0.241 e. The average Bonchev–Trinajstić information content (AvgIpc) is 3.13. The molecule has 1 amide bonds. The van der Waals surface area contributed by atoms with Gasteiger partial charge < -0.3 is 10.2 Å². The van der Waals surface area contributed by atoms with Crippen LogP contribution < -0.4 is 5.32 Å². The zero-order chi connectivity index (χ0) is 12.4. The Hall–Kier alpha value is -1.03. The van der Waals surface area contributed by atoms with Gasteiger partial charge in [-0.2, -0.15) is 0 Å². The lowest BCUT2D eigenvalue weighted by atomic mass is 10.2. The van der Waals surface area contributed by atoms with Gasteiger partial charge in [0.15, 0.2) is 0 Å². The summed E-state index contributed by atoms with van der Waals surface area (Å²) in [4.78, 5) is 13.6. The van der Waals surface area contributed by atoms with Gasteiger partial charge in [0, 0.05) is 23.2 Å². The molecule has 0 aliphatic heterocycles. The second-order valence-electron chi connectivity index (χ2n) is 4.55. The number of rotatable bonds is 4. The highest BCUT2D eigenvalue weighted by atomic mass is 79.9. The van der Waals surface area contributed by atoms with Crippen molar-refractivity contribution in [1.29, 1.82) is 0 Å². The van der Waals surface area contributed by atoms with E-state index in [2.05, 4.69) is 21.2 Å². The summed E-state index contributed by atoms with van der Waals surface area (Å²) in [6.45, 7) is 2.41. The first-order chi connectivity index (χ1) is 8.08. The Morgan fingerprint density at radius 1 is 1.53 bits per heavy atom. The molecule has 17 heavy (non-hydrogen) atoms. The molecule has 0 heterocycles. The highest BCUT2D eigenvalue weighted by molar-refractivity contribution is 9.10. The zero-order valence-corrected chi connectivity index (χ0v) is 11.8. The molecule has 1 saturated carbocycles. The third-order valence-corrected chi connectivity index (χ3v) is 3.96. The molecule has 0 radical (unpaired) electrons. The van der Waals surface area contributed by atoms with E-state index in [0.29, 0.717) is 12.6 Å². The largest absolute Gasteiger partial charge is 0.376 e. The number of halogens is 1. The second-order valence-corrected chi connectivity index (χ2v) is 5.41.